The number of aromatic nitrogens is 1. The van der Waals surface area contributed by atoms with Gasteiger partial charge in [-0.2, -0.15) is 0 Å². The Morgan fingerprint density at radius 3 is 2.90 bits per heavy atom. The summed E-state index contributed by atoms with van der Waals surface area (Å²) in [6.07, 6.45) is 2.04. The van der Waals surface area contributed by atoms with Crippen LogP contribution in [-0.4, -0.2) is 22.6 Å². The zero-order valence-corrected chi connectivity index (χ0v) is 11.8. The van der Waals surface area contributed by atoms with Crippen molar-refractivity contribution in [2.24, 2.45) is 0 Å². The molecule has 0 spiro atoms. The van der Waals surface area contributed by atoms with Crippen molar-refractivity contribution >= 4 is 11.7 Å². The fourth-order valence-electron chi connectivity index (χ4n) is 1.79. The number of aliphatic hydroxyl groups is 1. The number of nitrogens with zero attached hydrogens (tertiary/aromatic N) is 1. The third-order valence-corrected chi connectivity index (χ3v) is 2.79. The van der Waals surface area contributed by atoms with Crippen LogP contribution in [-0.2, 0) is 0 Å². The van der Waals surface area contributed by atoms with E-state index < -0.39 is 0 Å². The summed E-state index contributed by atoms with van der Waals surface area (Å²) < 4.78 is 0. The molecule has 0 unspecified atom stereocenters. The normalized spacial score (nSPS) is 9.62. The van der Waals surface area contributed by atoms with Crippen molar-refractivity contribution in [3.63, 3.8) is 0 Å². The van der Waals surface area contributed by atoms with Gasteiger partial charge < -0.3 is 10.4 Å². The average Bonchev–Trinajstić information content (AvgIpc) is 2.48. The molecule has 2 N–H and O–H groups in total. The number of pyridine rings is 1. The summed E-state index contributed by atoms with van der Waals surface area (Å²) in [5.74, 6) is 5.99. The number of carbonyl (C=O) groups is 1. The summed E-state index contributed by atoms with van der Waals surface area (Å²) in [5.41, 5.74) is 2.15. The molecule has 106 valence electrons. The summed E-state index contributed by atoms with van der Waals surface area (Å²) in [7, 11) is 0. The molecule has 0 aliphatic carbocycles. The summed E-state index contributed by atoms with van der Waals surface area (Å²) in [6, 6.07) is 10.8. The van der Waals surface area contributed by atoms with Crippen molar-refractivity contribution in [2.45, 2.75) is 13.3 Å². The van der Waals surface area contributed by atoms with Crippen molar-refractivity contribution in [1.29, 1.82) is 0 Å². The van der Waals surface area contributed by atoms with Gasteiger partial charge in [0.1, 0.15) is 5.82 Å². The molecule has 0 bridgehead atoms. The lowest BCUT2D eigenvalue weighted by Gasteiger charge is -2.06. The summed E-state index contributed by atoms with van der Waals surface area (Å²) in [4.78, 5) is 16.4. The third-order valence-electron chi connectivity index (χ3n) is 2.79. The minimum absolute atomic E-state index is 0.00851. The highest BCUT2D eigenvalue weighted by Crippen LogP contribution is 2.11. The molecule has 2 rings (SSSR count). The number of carbonyl (C=O) groups excluding carboxylic acids is 1. The van der Waals surface area contributed by atoms with E-state index in [0.29, 0.717) is 23.4 Å². The molecule has 1 aromatic carbocycles. The molecule has 1 heterocycles. The molecule has 4 heteroatoms. The number of amides is 1. The van der Waals surface area contributed by atoms with Crippen molar-refractivity contribution in [2.75, 3.05) is 11.9 Å². The maximum atomic E-state index is 12.3. The molecule has 0 saturated heterocycles. The highest BCUT2D eigenvalue weighted by atomic mass is 16.2. The molecule has 1 amide bonds. The standard InChI is InChI=1S/C17H16N2O2/c1-13-9-10-18-16(12-13)19-17(21)15-8-3-2-6-14(15)7-4-5-11-20/h2-3,6,8-10,12,20H,5,11H2,1H3,(H,18,19,21). The van der Waals surface area contributed by atoms with Gasteiger partial charge in [0.05, 0.1) is 12.2 Å². The largest absolute Gasteiger partial charge is 0.395 e. The first-order valence-electron chi connectivity index (χ1n) is 6.63. The maximum absolute atomic E-state index is 12.3. The number of anilines is 1. The van der Waals surface area contributed by atoms with Crippen LogP contribution in [0.3, 0.4) is 0 Å². The lowest BCUT2D eigenvalue weighted by Crippen LogP contribution is -2.14. The summed E-state index contributed by atoms with van der Waals surface area (Å²) in [6.45, 7) is 1.94. The number of hydrogen-bond acceptors (Lipinski definition) is 3. The average molecular weight is 280 g/mol. The Labute approximate surface area is 123 Å². The fraction of sp³-hybridized carbons (Fsp3) is 0.176. The monoisotopic (exact) mass is 280 g/mol. The number of aliphatic hydroxyl groups excluding tert-OH is 1. The van der Waals surface area contributed by atoms with Crippen LogP contribution in [0.1, 0.15) is 27.9 Å². The first kappa shape index (κ1) is 14.8. The van der Waals surface area contributed by atoms with E-state index in [2.05, 4.69) is 22.1 Å². The van der Waals surface area contributed by atoms with Gasteiger partial charge in [0.25, 0.3) is 5.91 Å². The van der Waals surface area contributed by atoms with Crippen molar-refractivity contribution in [1.82, 2.24) is 4.98 Å². The zero-order chi connectivity index (χ0) is 15.1. The van der Waals surface area contributed by atoms with E-state index in [0.717, 1.165) is 5.56 Å². The number of rotatable bonds is 3. The molecule has 0 aliphatic rings. The SMILES string of the molecule is Cc1ccnc(NC(=O)c2ccccc2C#CCCO)c1. The first-order chi connectivity index (χ1) is 10.2. The van der Waals surface area contributed by atoms with Gasteiger partial charge in [0.2, 0.25) is 0 Å². The van der Waals surface area contributed by atoms with Crippen molar-refractivity contribution in [3.8, 4) is 11.8 Å². The predicted molar refractivity (Wildman–Crippen MR) is 82.0 cm³/mol. The van der Waals surface area contributed by atoms with Gasteiger partial charge in [-0.05, 0) is 36.8 Å². The summed E-state index contributed by atoms with van der Waals surface area (Å²) in [5, 5.41) is 11.5. The maximum Gasteiger partial charge on any atom is 0.258 e. The highest BCUT2D eigenvalue weighted by Gasteiger charge is 2.10. The van der Waals surface area contributed by atoms with Gasteiger partial charge in [0.15, 0.2) is 0 Å². The molecule has 1 aromatic heterocycles. The molecule has 0 fully saturated rings. The van der Waals surface area contributed by atoms with Crippen molar-refractivity contribution in [3.05, 3.63) is 59.3 Å². The van der Waals surface area contributed by atoms with Crippen LogP contribution >= 0.6 is 0 Å². The second kappa shape index (κ2) is 7.22. The second-order valence-corrected chi connectivity index (χ2v) is 4.49. The first-order valence-corrected chi connectivity index (χ1v) is 6.63. The quantitative estimate of drug-likeness (QED) is 0.849. The van der Waals surface area contributed by atoms with Crippen molar-refractivity contribution < 1.29 is 9.90 Å². The molecule has 0 saturated carbocycles. The van der Waals surface area contributed by atoms with Crippen LogP contribution in [0.25, 0.3) is 0 Å². The number of aryl methyl sites for hydroxylation is 1. The van der Waals surface area contributed by atoms with E-state index >= 15 is 0 Å². The topological polar surface area (TPSA) is 62.2 Å². The van der Waals surface area contributed by atoms with E-state index in [1.165, 1.54) is 0 Å². The smallest absolute Gasteiger partial charge is 0.258 e. The molecule has 0 aliphatic heterocycles. The lowest BCUT2D eigenvalue weighted by molar-refractivity contribution is 0.102. The fourth-order valence-corrected chi connectivity index (χ4v) is 1.79. The third kappa shape index (κ3) is 4.16. The Morgan fingerprint density at radius 1 is 1.33 bits per heavy atom. The van der Waals surface area contributed by atoms with Gasteiger partial charge in [-0.1, -0.05) is 24.0 Å². The van der Waals surface area contributed by atoms with E-state index in [1.54, 1.807) is 30.5 Å². The van der Waals surface area contributed by atoms with Crippen LogP contribution in [0.4, 0.5) is 5.82 Å². The lowest BCUT2D eigenvalue weighted by atomic mass is 10.1. The number of hydrogen-bond donors (Lipinski definition) is 2. The van der Waals surface area contributed by atoms with Gasteiger partial charge in [-0.25, -0.2) is 4.98 Å². The van der Waals surface area contributed by atoms with Crippen LogP contribution in [0, 0.1) is 18.8 Å². The van der Waals surface area contributed by atoms with Crippen LogP contribution in [0.2, 0.25) is 0 Å². The molecule has 0 radical (unpaired) electrons. The Hall–Kier alpha value is -2.64. The zero-order valence-electron chi connectivity index (χ0n) is 11.8. The van der Waals surface area contributed by atoms with E-state index in [4.69, 9.17) is 5.11 Å². The van der Waals surface area contributed by atoms with Crippen LogP contribution in [0.5, 0.6) is 0 Å². The van der Waals surface area contributed by atoms with E-state index in [-0.39, 0.29) is 12.5 Å². The Morgan fingerprint density at radius 2 is 2.14 bits per heavy atom. The Kier molecular flexibility index (Phi) is 5.08. The van der Waals surface area contributed by atoms with Gasteiger partial charge >= 0.3 is 0 Å². The predicted octanol–water partition coefficient (Wildman–Crippen LogP) is 2.38. The van der Waals surface area contributed by atoms with E-state index in [1.807, 2.05) is 19.1 Å². The number of benzene rings is 1. The van der Waals surface area contributed by atoms with E-state index in [9.17, 15) is 4.79 Å². The number of nitrogens with one attached hydrogen (secondary N) is 1. The molecular formula is C17H16N2O2. The molecular weight excluding hydrogens is 264 g/mol. The van der Waals surface area contributed by atoms with Gasteiger partial charge in [-0.15, -0.1) is 0 Å². The van der Waals surface area contributed by atoms with Crippen LogP contribution in [0.15, 0.2) is 42.6 Å². The second-order valence-electron chi connectivity index (χ2n) is 4.49. The molecule has 2 aromatic rings. The van der Waals surface area contributed by atoms with Gasteiger partial charge in [-0.3, -0.25) is 4.79 Å². The Balaban J connectivity index is 2.22. The van der Waals surface area contributed by atoms with Gasteiger partial charge in [0, 0.05) is 18.2 Å². The Bertz CT molecular complexity index is 699. The summed E-state index contributed by atoms with van der Waals surface area (Å²) >= 11 is 0. The molecule has 21 heavy (non-hydrogen) atoms. The van der Waals surface area contributed by atoms with Crippen LogP contribution < -0.4 is 5.32 Å². The minimum atomic E-state index is -0.248. The molecule has 0 atom stereocenters. The minimum Gasteiger partial charge on any atom is -0.395 e. The highest BCUT2D eigenvalue weighted by molar-refractivity contribution is 6.05. The molecule has 4 nitrogen and oxygen atoms in total.